The maximum atomic E-state index is 13.3. The molecule has 0 atom stereocenters. The van der Waals surface area contributed by atoms with Crippen LogP contribution in [0.25, 0.3) is 33.2 Å². The Bertz CT molecular complexity index is 1730. The Balaban J connectivity index is 1.60. The van der Waals surface area contributed by atoms with Gasteiger partial charge in [0, 0.05) is 33.8 Å². The first-order valence-electron chi connectivity index (χ1n) is 11.2. The molecule has 5 aromatic rings. The predicted molar refractivity (Wildman–Crippen MR) is 143 cm³/mol. The van der Waals surface area contributed by atoms with Crippen LogP contribution in [0.4, 0.5) is 0 Å². The van der Waals surface area contributed by atoms with Gasteiger partial charge in [0.25, 0.3) is 5.91 Å². The van der Waals surface area contributed by atoms with Crippen LogP contribution >= 0.6 is 15.9 Å². The van der Waals surface area contributed by atoms with Crippen molar-refractivity contribution in [1.29, 1.82) is 0 Å². The zero-order valence-corrected chi connectivity index (χ0v) is 22.0. The SMILES string of the molecule is COc1cc(Br)ccc1C(=O)n1ccc2cc(-c3cc(=O)c4c(OC)c(OC)c(OC)cc4o3)ccc21. The second-order valence-corrected chi connectivity index (χ2v) is 9.02. The standard InChI is InChI=1S/C28H22BrNO7/c1-33-22-12-17(29)6-7-18(22)28(32)30-10-9-15-11-16(5-8-19(15)30)21-13-20(31)25-23(37-21)14-24(34-2)26(35-3)27(25)36-4/h5-14H,1-4H3. The first-order chi connectivity index (χ1) is 17.9. The molecule has 3 aromatic carbocycles. The van der Waals surface area contributed by atoms with Crippen molar-refractivity contribution >= 4 is 43.7 Å². The third kappa shape index (κ3) is 4.11. The number of aromatic nitrogens is 1. The van der Waals surface area contributed by atoms with Crippen molar-refractivity contribution in [2.24, 2.45) is 0 Å². The molecule has 2 heterocycles. The van der Waals surface area contributed by atoms with Crippen LogP contribution in [0.3, 0.4) is 0 Å². The van der Waals surface area contributed by atoms with Gasteiger partial charge in [-0.05, 0) is 42.5 Å². The summed E-state index contributed by atoms with van der Waals surface area (Å²) in [6.45, 7) is 0. The van der Waals surface area contributed by atoms with Crippen molar-refractivity contribution in [2.75, 3.05) is 28.4 Å². The highest BCUT2D eigenvalue weighted by Gasteiger charge is 2.21. The van der Waals surface area contributed by atoms with Gasteiger partial charge in [-0.3, -0.25) is 14.2 Å². The quantitative estimate of drug-likeness (QED) is 0.254. The van der Waals surface area contributed by atoms with Crippen LogP contribution in [0.2, 0.25) is 0 Å². The fraction of sp³-hybridized carbons (Fsp3) is 0.143. The van der Waals surface area contributed by atoms with Gasteiger partial charge in [0.15, 0.2) is 16.9 Å². The first kappa shape index (κ1) is 24.5. The van der Waals surface area contributed by atoms with E-state index in [9.17, 15) is 9.59 Å². The number of carbonyl (C=O) groups excluding carboxylic acids is 1. The van der Waals surface area contributed by atoms with Gasteiger partial charge in [0.2, 0.25) is 5.75 Å². The lowest BCUT2D eigenvalue weighted by molar-refractivity contribution is 0.0962. The van der Waals surface area contributed by atoms with E-state index in [1.807, 2.05) is 18.2 Å². The van der Waals surface area contributed by atoms with E-state index in [0.29, 0.717) is 45.2 Å². The molecule has 0 amide bonds. The second kappa shape index (κ2) is 9.67. The topological polar surface area (TPSA) is 89.1 Å². The van der Waals surface area contributed by atoms with Crippen LogP contribution in [-0.2, 0) is 0 Å². The summed E-state index contributed by atoms with van der Waals surface area (Å²) in [5.74, 6) is 1.54. The van der Waals surface area contributed by atoms with E-state index in [2.05, 4.69) is 15.9 Å². The summed E-state index contributed by atoms with van der Waals surface area (Å²) in [6.07, 6.45) is 1.71. The summed E-state index contributed by atoms with van der Waals surface area (Å²) >= 11 is 3.40. The Morgan fingerprint density at radius 2 is 1.59 bits per heavy atom. The third-order valence-electron chi connectivity index (χ3n) is 6.11. The molecule has 9 heteroatoms. The van der Waals surface area contributed by atoms with Gasteiger partial charge in [0.05, 0.1) is 39.5 Å². The summed E-state index contributed by atoms with van der Waals surface area (Å²) in [6, 6.07) is 15.6. The monoisotopic (exact) mass is 563 g/mol. The highest BCUT2D eigenvalue weighted by molar-refractivity contribution is 9.10. The highest BCUT2D eigenvalue weighted by Crippen LogP contribution is 2.43. The number of hydrogen-bond acceptors (Lipinski definition) is 7. The molecule has 5 rings (SSSR count). The predicted octanol–water partition coefficient (Wildman–Crippen LogP) is 5.90. The molecule has 0 fully saturated rings. The van der Waals surface area contributed by atoms with Gasteiger partial charge >= 0.3 is 0 Å². The molecule has 0 aliphatic rings. The van der Waals surface area contributed by atoms with Crippen molar-refractivity contribution in [2.45, 2.75) is 0 Å². The molecular formula is C28H22BrNO7. The number of nitrogens with zero attached hydrogens (tertiary/aromatic N) is 1. The molecule has 8 nitrogen and oxygen atoms in total. The molecule has 37 heavy (non-hydrogen) atoms. The molecule has 0 N–H and O–H groups in total. The highest BCUT2D eigenvalue weighted by atomic mass is 79.9. The Kier molecular flexibility index (Phi) is 6.39. The zero-order valence-electron chi connectivity index (χ0n) is 20.5. The molecule has 0 bridgehead atoms. The maximum absolute atomic E-state index is 13.3. The van der Waals surface area contributed by atoms with Gasteiger partial charge in [-0.15, -0.1) is 0 Å². The lowest BCUT2D eigenvalue weighted by Gasteiger charge is -2.14. The van der Waals surface area contributed by atoms with E-state index in [0.717, 1.165) is 9.86 Å². The van der Waals surface area contributed by atoms with Gasteiger partial charge in [-0.25, -0.2) is 0 Å². The van der Waals surface area contributed by atoms with E-state index in [4.69, 9.17) is 23.4 Å². The molecule has 0 saturated carbocycles. The average Bonchev–Trinajstić information content (AvgIpc) is 3.34. The largest absolute Gasteiger partial charge is 0.496 e. The Labute approximate surface area is 220 Å². The summed E-state index contributed by atoms with van der Waals surface area (Å²) in [7, 11) is 5.95. The van der Waals surface area contributed by atoms with Crippen molar-refractivity contribution in [3.8, 4) is 34.3 Å². The van der Waals surface area contributed by atoms with Gasteiger partial charge in [-0.1, -0.05) is 15.9 Å². The van der Waals surface area contributed by atoms with Crippen molar-refractivity contribution in [3.63, 3.8) is 0 Å². The molecule has 188 valence electrons. The molecule has 2 aromatic heterocycles. The number of ether oxygens (including phenoxy) is 4. The number of rotatable bonds is 6. The van der Waals surface area contributed by atoms with Crippen LogP contribution in [0.5, 0.6) is 23.0 Å². The summed E-state index contributed by atoms with van der Waals surface area (Å²) in [4.78, 5) is 26.4. The molecule has 0 aliphatic heterocycles. The molecular weight excluding hydrogens is 542 g/mol. The maximum Gasteiger partial charge on any atom is 0.266 e. The molecule has 0 spiro atoms. The van der Waals surface area contributed by atoms with Crippen LogP contribution in [0, 0.1) is 0 Å². The first-order valence-corrected chi connectivity index (χ1v) is 12.0. The Morgan fingerprint density at radius 3 is 2.30 bits per heavy atom. The number of methoxy groups -OCH3 is 4. The van der Waals surface area contributed by atoms with E-state index >= 15 is 0 Å². The van der Waals surface area contributed by atoms with Crippen molar-refractivity contribution in [3.05, 3.63) is 81.1 Å². The van der Waals surface area contributed by atoms with Crippen molar-refractivity contribution in [1.82, 2.24) is 4.57 Å². The number of halogens is 1. The van der Waals surface area contributed by atoms with E-state index in [1.54, 1.807) is 41.1 Å². The minimum absolute atomic E-state index is 0.225. The lowest BCUT2D eigenvalue weighted by Crippen LogP contribution is -2.12. The van der Waals surface area contributed by atoms with E-state index in [-0.39, 0.29) is 22.5 Å². The normalized spacial score (nSPS) is 11.1. The smallest absolute Gasteiger partial charge is 0.266 e. The van der Waals surface area contributed by atoms with Crippen molar-refractivity contribution < 1.29 is 28.2 Å². The second-order valence-electron chi connectivity index (χ2n) is 8.10. The minimum Gasteiger partial charge on any atom is -0.496 e. The molecule has 0 aliphatic carbocycles. The minimum atomic E-state index is -0.288. The third-order valence-corrected chi connectivity index (χ3v) is 6.60. The van der Waals surface area contributed by atoms with Crippen LogP contribution < -0.4 is 24.4 Å². The Hall–Kier alpha value is -4.24. The van der Waals surface area contributed by atoms with Crippen LogP contribution in [0.15, 0.2) is 74.5 Å². The van der Waals surface area contributed by atoms with E-state index < -0.39 is 0 Å². The summed E-state index contributed by atoms with van der Waals surface area (Å²) in [5, 5.41) is 1.06. The van der Waals surface area contributed by atoms with E-state index in [1.165, 1.54) is 34.5 Å². The Morgan fingerprint density at radius 1 is 0.838 bits per heavy atom. The number of carbonyl (C=O) groups is 1. The fourth-order valence-electron chi connectivity index (χ4n) is 4.37. The number of fused-ring (bicyclic) bond motifs is 2. The number of benzene rings is 3. The number of hydrogen-bond donors (Lipinski definition) is 0. The van der Waals surface area contributed by atoms with Gasteiger partial charge in [0.1, 0.15) is 22.5 Å². The summed E-state index contributed by atoms with van der Waals surface area (Å²) in [5.41, 5.74) is 1.82. The molecule has 0 radical (unpaired) electrons. The lowest BCUT2D eigenvalue weighted by atomic mass is 10.1. The fourth-order valence-corrected chi connectivity index (χ4v) is 4.71. The zero-order chi connectivity index (χ0) is 26.3. The van der Waals surface area contributed by atoms with Gasteiger partial charge in [-0.2, -0.15) is 0 Å². The van der Waals surface area contributed by atoms with Crippen LogP contribution in [-0.4, -0.2) is 38.9 Å². The summed E-state index contributed by atoms with van der Waals surface area (Å²) < 4.78 is 30.1. The van der Waals surface area contributed by atoms with Gasteiger partial charge < -0.3 is 23.4 Å². The molecule has 0 saturated heterocycles. The molecule has 0 unspecified atom stereocenters. The average molecular weight is 564 g/mol. The van der Waals surface area contributed by atoms with Crippen LogP contribution in [0.1, 0.15) is 10.4 Å².